The monoisotopic (exact) mass is 353 g/mol. The van der Waals surface area contributed by atoms with Crippen molar-refractivity contribution < 1.29 is 0 Å². The van der Waals surface area contributed by atoms with Gasteiger partial charge in [0, 0.05) is 32.4 Å². The normalized spacial score (nSPS) is 11.1. The van der Waals surface area contributed by atoms with Crippen molar-refractivity contribution in [3.63, 3.8) is 0 Å². The van der Waals surface area contributed by atoms with E-state index in [1.165, 1.54) is 20.6 Å². The number of hydrogen-bond acceptors (Lipinski definition) is 4. The molecule has 0 aliphatic carbocycles. The summed E-state index contributed by atoms with van der Waals surface area (Å²) in [6.07, 6.45) is 3.80. The van der Waals surface area contributed by atoms with Gasteiger partial charge in [0.2, 0.25) is 0 Å². The van der Waals surface area contributed by atoms with Gasteiger partial charge < -0.3 is 10.2 Å². The number of anilines is 1. The predicted molar refractivity (Wildman–Crippen MR) is 90.3 cm³/mol. The Hall–Kier alpha value is -0.910. The van der Waals surface area contributed by atoms with Crippen molar-refractivity contribution in [2.24, 2.45) is 0 Å². The lowest BCUT2D eigenvalue weighted by molar-refractivity contribution is 0.588. The second-order valence-corrected chi connectivity index (χ2v) is 7.45. The molecule has 0 atom stereocenters. The van der Waals surface area contributed by atoms with Crippen molar-refractivity contribution >= 4 is 33.0 Å². The van der Waals surface area contributed by atoms with Gasteiger partial charge in [0.25, 0.3) is 0 Å². The molecular weight excluding hydrogens is 334 g/mol. The van der Waals surface area contributed by atoms with Gasteiger partial charge in [0.15, 0.2) is 0 Å². The van der Waals surface area contributed by atoms with Gasteiger partial charge in [-0.1, -0.05) is 13.8 Å². The first-order chi connectivity index (χ1) is 9.56. The van der Waals surface area contributed by atoms with Crippen molar-refractivity contribution in [3.05, 3.63) is 44.8 Å². The molecule has 20 heavy (non-hydrogen) atoms. The van der Waals surface area contributed by atoms with Crippen LogP contribution in [0.15, 0.2) is 33.7 Å². The fraction of sp³-hybridized carbons (Fsp3) is 0.400. The van der Waals surface area contributed by atoms with Crippen LogP contribution in [0.3, 0.4) is 0 Å². The Bertz CT molecular complexity index is 554. The summed E-state index contributed by atoms with van der Waals surface area (Å²) in [5.41, 5.74) is 3.78. The highest BCUT2D eigenvalue weighted by atomic mass is 79.9. The minimum atomic E-state index is 0.481. The van der Waals surface area contributed by atoms with E-state index in [2.05, 4.69) is 69.5 Å². The first-order valence-electron chi connectivity index (χ1n) is 6.66. The zero-order valence-electron chi connectivity index (χ0n) is 12.1. The van der Waals surface area contributed by atoms with Crippen LogP contribution in [0.25, 0.3) is 0 Å². The quantitative estimate of drug-likeness (QED) is 0.849. The number of rotatable bonds is 6. The summed E-state index contributed by atoms with van der Waals surface area (Å²) < 4.78 is 1.17. The first-order valence-corrected chi connectivity index (χ1v) is 8.34. The van der Waals surface area contributed by atoms with Gasteiger partial charge >= 0.3 is 0 Å². The molecule has 0 saturated carbocycles. The molecule has 0 spiro atoms. The van der Waals surface area contributed by atoms with Crippen LogP contribution in [0.1, 0.15) is 25.0 Å². The van der Waals surface area contributed by atoms with E-state index < -0.39 is 0 Å². The highest BCUT2D eigenvalue weighted by molar-refractivity contribution is 9.11. The van der Waals surface area contributed by atoms with Crippen molar-refractivity contribution in [2.75, 3.05) is 11.9 Å². The minimum Gasteiger partial charge on any atom is -0.369 e. The molecule has 0 aromatic carbocycles. The molecule has 3 nitrogen and oxygen atoms in total. The van der Waals surface area contributed by atoms with E-state index >= 15 is 0 Å². The third kappa shape index (κ3) is 4.30. The molecule has 1 N–H and O–H groups in total. The molecule has 2 rings (SSSR count). The van der Waals surface area contributed by atoms with Gasteiger partial charge in [-0.15, -0.1) is 11.3 Å². The van der Waals surface area contributed by atoms with E-state index in [0.717, 1.165) is 13.1 Å². The number of hydrogen-bond donors (Lipinski definition) is 1. The number of nitrogens with one attached hydrogen (secondary N) is 1. The number of halogens is 1. The fourth-order valence-electron chi connectivity index (χ4n) is 2.01. The maximum absolute atomic E-state index is 4.26. The molecule has 0 radical (unpaired) electrons. The van der Waals surface area contributed by atoms with Gasteiger partial charge in [0.05, 0.1) is 15.7 Å². The lowest BCUT2D eigenvalue weighted by Gasteiger charge is -2.22. The Morgan fingerprint density at radius 1 is 1.45 bits per heavy atom. The maximum Gasteiger partial charge on any atom is 0.0701 e. The molecule has 108 valence electrons. The highest BCUT2D eigenvalue weighted by Crippen LogP contribution is 2.24. The number of pyridine rings is 1. The third-order valence-electron chi connectivity index (χ3n) is 3.04. The standard InChI is InChI=1S/C15H20BrN3S/c1-11(2)18-7-13-4-5-17-8-14(13)19(3)9-12-6-15(16)20-10-12/h4-6,8,10-11,18H,7,9H2,1-3H3. The summed E-state index contributed by atoms with van der Waals surface area (Å²) in [7, 11) is 2.11. The molecule has 0 fully saturated rings. The van der Waals surface area contributed by atoms with Gasteiger partial charge in [-0.2, -0.15) is 0 Å². The smallest absolute Gasteiger partial charge is 0.0701 e. The van der Waals surface area contributed by atoms with Crippen molar-refractivity contribution in [1.29, 1.82) is 0 Å². The van der Waals surface area contributed by atoms with Crippen molar-refractivity contribution in [1.82, 2.24) is 10.3 Å². The molecule has 2 heterocycles. The zero-order valence-corrected chi connectivity index (χ0v) is 14.5. The molecule has 0 saturated heterocycles. The summed E-state index contributed by atoms with van der Waals surface area (Å²) in [6.45, 7) is 6.08. The van der Waals surface area contributed by atoms with Gasteiger partial charge in [-0.05, 0) is 44.6 Å². The van der Waals surface area contributed by atoms with E-state index in [0.29, 0.717) is 6.04 Å². The lowest BCUT2D eigenvalue weighted by Crippen LogP contribution is -2.24. The fourth-order valence-corrected chi connectivity index (χ4v) is 3.21. The van der Waals surface area contributed by atoms with Gasteiger partial charge in [0.1, 0.15) is 0 Å². The third-order valence-corrected chi connectivity index (χ3v) is 4.59. The number of nitrogens with zero attached hydrogens (tertiary/aromatic N) is 2. The van der Waals surface area contributed by atoms with Crippen LogP contribution < -0.4 is 10.2 Å². The van der Waals surface area contributed by atoms with Crippen LogP contribution in [0.5, 0.6) is 0 Å². The van der Waals surface area contributed by atoms with Gasteiger partial charge in [-0.25, -0.2) is 0 Å². The molecular formula is C15H20BrN3S. The van der Waals surface area contributed by atoms with Crippen molar-refractivity contribution in [3.8, 4) is 0 Å². The molecule has 0 amide bonds. The number of thiophene rings is 1. The summed E-state index contributed by atoms with van der Waals surface area (Å²) in [6, 6.07) is 4.74. The molecule has 0 bridgehead atoms. The largest absolute Gasteiger partial charge is 0.369 e. The molecule has 2 aromatic rings. The molecule has 0 unspecified atom stereocenters. The van der Waals surface area contributed by atoms with Crippen molar-refractivity contribution in [2.45, 2.75) is 33.0 Å². The Labute approximate surface area is 133 Å². The SMILES string of the molecule is CC(C)NCc1ccncc1N(C)Cc1csc(Br)c1. The summed E-state index contributed by atoms with van der Waals surface area (Å²) in [5.74, 6) is 0. The van der Waals surface area contributed by atoms with Crippen LogP contribution in [0.2, 0.25) is 0 Å². The van der Waals surface area contributed by atoms with E-state index in [9.17, 15) is 0 Å². The highest BCUT2D eigenvalue weighted by Gasteiger charge is 2.09. The zero-order chi connectivity index (χ0) is 14.5. The summed E-state index contributed by atoms with van der Waals surface area (Å²) >= 11 is 5.23. The van der Waals surface area contributed by atoms with E-state index in [-0.39, 0.29) is 0 Å². The Morgan fingerprint density at radius 2 is 2.25 bits per heavy atom. The summed E-state index contributed by atoms with van der Waals surface area (Å²) in [5, 5.41) is 5.65. The molecule has 0 aliphatic heterocycles. The van der Waals surface area contributed by atoms with Crippen LogP contribution >= 0.6 is 27.3 Å². The first kappa shape index (κ1) is 15.5. The van der Waals surface area contributed by atoms with Crippen LogP contribution in [-0.4, -0.2) is 18.1 Å². The van der Waals surface area contributed by atoms with Crippen LogP contribution in [0, 0.1) is 0 Å². The van der Waals surface area contributed by atoms with Crippen LogP contribution in [-0.2, 0) is 13.1 Å². The predicted octanol–water partition coefficient (Wildman–Crippen LogP) is 4.04. The molecule has 2 aromatic heterocycles. The topological polar surface area (TPSA) is 28.2 Å². The second kappa shape index (κ2) is 7.20. The average molecular weight is 354 g/mol. The second-order valence-electron chi connectivity index (χ2n) is 5.16. The van der Waals surface area contributed by atoms with E-state index in [1.54, 1.807) is 11.3 Å². The summed E-state index contributed by atoms with van der Waals surface area (Å²) in [4.78, 5) is 6.51. The molecule has 0 aliphatic rings. The Kier molecular flexibility index (Phi) is 5.57. The Morgan fingerprint density at radius 3 is 2.90 bits per heavy atom. The molecule has 5 heteroatoms. The van der Waals surface area contributed by atoms with E-state index in [1.807, 2.05) is 12.4 Å². The van der Waals surface area contributed by atoms with Gasteiger partial charge in [-0.3, -0.25) is 4.98 Å². The minimum absolute atomic E-state index is 0.481. The lowest BCUT2D eigenvalue weighted by atomic mass is 10.2. The van der Waals surface area contributed by atoms with E-state index in [4.69, 9.17) is 0 Å². The van der Waals surface area contributed by atoms with Crippen LogP contribution in [0.4, 0.5) is 5.69 Å². The number of aromatic nitrogens is 1. The average Bonchev–Trinajstić information content (AvgIpc) is 2.82. The maximum atomic E-state index is 4.26. The Balaban J connectivity index is 2.10.